The molecule has 1 N–H and O–H groups in total. The van der Waals surface area contributed by atoms with Crippen molar-refractivity contribution in [1.82, 2.24) is 10.2 Å². The summed E-state index contributed by atoms with van der Waals surface area (Å²) in [6.45, 7) is 0. The van der Waals surface area contributed by atoms with E-state index in [4.69, 9.17) is 0 Å². The van der Waals surface area contributed by atoms with Crippen molar-refractivity contribution in [1.29, 1.82) is 0 Å². The number of amides is 2. The van der Waals surface area contributed by atoms with Crippen LogP contribution in [0.2, 0.25) is 0 Å². The first-order valence-corrected chi connectivity index (χ1v) is 5.18. The van der Waals surface area contributed by atoms with Gasteiger partial charge in [0.25, 0.3) is 0 Å². The van der Waals surface area contributed by atoms with E-state index in [0.29, 0.717) is 19.1 Å². The zero-order chi connectivity index (χ0) is 13.3. The van der Waals surface area contributed by atoms with Crippen LogP contribution in [0.3, 0.4) is 0 Å². The summed E-state index contributed by atoms with van der Waals surface area (Å²) in [7, 11) is 4.53. The molecule has 0 bridgehead atoms. The minimum absolute atomic E-state index is 0.117. The molecule has 0 heterocycles. The van der Waals surface area contributed by atoms with Crippen LogP contribution in [0.25, 0.3) is 0 Å². The minimum atomic E-state index is -0.643. The lowest BCUT2D eigenvalue weighted by molar-refractivity contribution is -0.123. The van der Waals surface area contributed by atoms with Gasteiger partial charge in [-0.25, -0.2) is 4.79 Å². The summed E-state index contributed by atoms with van der Waals surface area (Å²) in [6, 6.07) is -0.596. The Hall–Kier alpha value is -1.85. The van der Waals surface area contributed by atoms with Crippen LogP contribution in [0.1, 0.15) is 12.8 Å². The van der Waals surface area contributed by atoms with Gasteiger partial charge in [-0.1, -0.05) is 6.08 Å². The van der Waals surface area contributed by atoms with Crippen LogP contribution in [0.4, 0.5) is 4.79 Å². The second-order valence-corrected chi connectivity index (χ2v) is 3.59. The van der Waals surface area contributed by atoms with Crippen LogP contribution >= 0.6 is 0 Å². The Balaban J connectivity index is 3.96. The first-order chi connectivity index (χ1) is 8.01. The maximum atomic E-state index is 11.2. The van der Waals surface area contributed by atoms with Gasteiger partial charge < -0.3 is 19.7 Å². The van der Waals surface area contributed by atoms with Crippen LogP contribution in [0.5, 0.6) is 0 Å². The topological polar surface area (TPSA) is 75.7 Å². The Kier molecular flexibility index (Phi) is 7.41. The van der Waals surface area contributed by atoms with E-state index in [1.54, 1.807) is 20.2 Å². The van der Waals surface area contributed by atoms with Gasteiger partial charge in [-0.05, 0) is 18.9 Å². The molecule has 0 radical (unpaired) electrons. The summed E-state index contributed by atoms with van der Waals surface area (Å²) in [4.78, 5) is 34.1. The summed E-state index contributed by atoms with van der Waals surface area (Å²) in [5, 5.41) is 2.37. The van der Waals surface area contributed by atoms with Crippen molar-refractivity contribution in [3.63, 3.8) is 0 Å². The number of hydrogen-bond acceptors (Lipinski definition) is 4. The van der Waals surface area contributed by atoms with E-state index in [1.165, 1.54) is 18.1 Å². The molecule has 96 valence electrons. The third-order valence-electron chi connectivity index (χ3n) is 2.00. The largest absolute Gasteiger partial charge is 0.453 e. The molecule has 0 aromatic heterocycles. The first kappa shape index (κ1) is 15.2. The number of alkyl carbamates (subject to hydrolysis) is 1. The molecular weight excluding hydrogens is 224 g/mol. The molecule has 2 amide bonds. The van der Waals surface area contributed by atoms with Crippen LogP contribution in [-0.2, 0) is 14.3 Å². The lowest BCUT2D eigenvalue weighted by Crippen LogP contribution is -2.35. The van der Waals surface area contributed by atoms with Crippen LogP contribution in [0.15, 0.2) is 12.2 Å². The SMILES string of the molecule is COC(=O)NC(C=O)CC/C=C/C(=O)N(C)C. The molecule has 1 unspecified atom stereocenters. The van der Waals surface area contributed by atoms with Crippen molar-refractivity contribution in [3.05, 3.63) is 12.2 Å². The number of allylic oxidation sites excluding steroid dienone is 1. The second kappa shape index (κ2) is 8.32. The smallest absolute Gasteiger partial charge is 0.407 e. The van der Waals surface area contributed by atoms with Gasteiger partial charge in [0.15, 0.2) is 0 Å². The highest BCUT2D eigenvalue weighted by Gasteiger charge is 2.09. The maximum absolute atomic E-state index is 11.2. The molecule has 0 aromatic rings. The Morgan fingerprint density at radius 3 is 2.53 bits per heavy atom. The highest BCUT2D eigenvalue weighted by Crippen LogP contribution is 1.97. The summed E-state index contributed by atoms with van der Waals surface area (Å²) in [5.41, 5.74) is 0. The van der Waals surface area contributed by atoms with E-state index in [2.05, 4.69) is 10.1 Å². The molecule has 1 atom stereocenters. The van der Waals surface area contributed by atoms with Crippen molar-refractivity contribution in [2.75, 3.05) is 21.2 Å². The molecule has 6 nitrogen and oxygen atoms in total. The van der Waals surface area contributed by atoms with Crippen LogP contribution in [0, 0.1) is 0 Å². The predicted octanol–water partition coefficient (Wildman–Crippen LogP) is 0.334. The van der Waals surface area contributed by atoms with Crippen molar-refractivity contribution in [2.45, 2.75) is 18.9 Å². The summed E-state index contributed by atoms with van der Waals surface area (Å²) < 4.78 is 4.37. The lowest BCUT2D eigenvalue weighted by atomic mass is 10.1. The van der Waals surface area contributed by atoms with E-state index >= 15 is 0 Å². The second-order valence-electron chi connectivity index (χ2n) is 3.59. The van der Waals surface area contributed by atoms with E-state index < -0.39 is 12.1 Å². The number of methoxy groups -OCH3 is 1. The Labute approximate surface area is 101 Å². The van der Waals surface area contributed by atoms with Crippen molar-refractivity contribution < 1.29 is 19.1 Å². The van der Waals surface area contributed by atoms with E-state index in [1.807, 2.05) is 0 Å². The van der Waals surface area contributed by atoms with E-state index in [9.17, 15) is 14.4 Å². The minimum Gasteiger partial charge on any atom is -0.453 e. The van der Waals surface area contributed by atoms with Crippen molar-refractivity contribution in [3.8, 4) is 0 Å². The third-order valence-corrected chi connectivity index (χ3v) is 2.00. The zero-order valence-electron chi connectivity index (χ0n) is 10.3. The molecule has 0 saturated heterocycles. The lowest BCUT2D eigenvalue weighted by Gasteiger charge is -2.10. The van der Waals surface area contributed by atoms with Gasteiger partial charge in [0.2, 0.25) is 5.91 Å². The maximum Gasteiger partial charge on any atom is 0.407 e. The number of likely N-dealkylation sites (N-methyl/N-ethyl adjacent to an activating group) is 1. The highest BCUT2D eigenvalue weighted by molar-refractivity contribution is 5.87. The number of nitrogens with one attached hydrogen (secondary N) is 1. The van der Waals surface area contributed by atoms with Gasteiger partial charge >= 0.3 is 6.09 Å². The Morgan fingerprint density at radius 1 is 1.41 bits per heavy atom. The Bertz CT molecular complexity index is 300. The van der Waals surface area contributed by atoms with E-state index in [0.717, 1.165) is 0 Å². The third kappa shape index (κ3) is 7.10. The zero-order valence-corrected chi connectivity index (χ0v) is 10.3. The molecule has 0 rings (SSSR count). The monoisotopic (exact) mass is 242 g/mol. The fraction of sp³-hybridized carbons (Fsp3) is 0.545. The quantitative estimate of drug-likeness (QED) is 0.538. The molecule has 0 spiro atoms. The molecule has 0 aliphatic rings. The van der Waals surface area contributed by atoms with Gasteiger partial charge in [-0.15, -0.1) is 0 Å². The fourth-order valence-corrected chi connectivity index (χ4v) is 0.994. The number of aldehydes is 1. The number of nitrogens with zero attached hydrogens (tertiary/aromatic N) is 1. The number of carbonyl (C=O) groups is 3. The molecule has 6 heteroatoms. The standard InChI is InChI=1S/C11H18N2O4/c1-13(2)10(15)7-5-4-6-9(8-14)12-11(16)17-3/h5,7-9H,4,6H2,1-3H3,(H,12,16)/b7-5+. The number of ether oxygens (including phenoxy) is 1. The predicted molar refractivity (Wildman–Crippen MR) is 62.5 cm³/mol. The van der Waals surface area contributed by atoms with Gasteiger partial charge in [-0.2, -0.15) is 0 Å². The molecule has 17 heavy (non-hydrogen) atoms. The molecule has 0 saturated carbocycles. The first-order valence-electron chi connectivity index (χ1n) is 5.18. The van der Waals surface area contributed by atoms with Crippen molar-refractivity contribution in [2.24, 2.45) is 0 Å². The molecule has 0 aromatic carbocycles. The van der Waals surface area contributed by atoms with Gasteiger partial charge in [-0.3, -0.25) is 4.79 Å². The number of carbonyl (C=O) groups excluding carboxylic acids is 3. The summed E-state index contributed by atoms with van der Waals surface area (Å²) in [6.07, 6.45) is 4.04. The van der Waals surface area contributed by atoms with Crippen LogP contribution < -0.4 is 5.32 Å². The fourth-order valence-electron chi connectivity index (χ4n) is 0.994. The Morgan fingerprint density at radius 2 is 2.06 bits per heavy atom. The van der Waals surface area contributed by atoms with Gasteiger partial charge in [0.1, 0.15) is 6.29 Å². The number of hydrogen-bond donors (Lipinski definition) is 1. The summed E-state index contributed by atoms with van der Waals surface area (Å²) in [5.74, 6) is -0.117. The highest BCUT2D eigenvalue weighted by atomic mass is 16.5. The molecule has 0 fully saturated rings. The summed E-state index contributed by atoms with van der Waals surface area (Å²) >= 11 is 0. The molecule has 0 aliphatic carbocycles. The van der Waals surface area contributed by atoms with E-state index in [-0.39, 0.29) is 5.91 Å². The average Bonchev–Trinajstić information content (AvgIpc) is 2.31. The van der Waals surface area contributed by atoms with Crippen molar-refractivity contribution >= 4 is 18.3 Å². The normalized spacial score (nSPS) is 11.9. The van der Waals surface area contributed by atoms with Gasteiger partial charge in [0.05, 0.1) is 13.2 Å². The molecule has 0 aliphatic heterocycles. The van der Waals surface area contributed by atoms with Crippen LogP contribution in [-0.4, -0.2) is 50.4 Å². The molecular formula is C11H18N2O4. The average molecular weight is 242 g/mol. The number of rotatable bonds is 6. The van der Waals surface area contributed by atoms with Gasteiger partial charge in [0, 0.05) is 14.1 Å².